The maximum atomic E-state index is 12.2. The minimum Gasteiger partial charge on any atom is -0.450 e. The van der Waals surface area contributed by atoms with Gasteiger partial charge in [0.15, 0.2) is 11.6 Å². The molecule has 0 saturated carbocycles. The summed E-state index contributed by atoms with van der Waals surface area (Å²) in [6.07, 6.45) is -0.276. The van der Waals surface area contributed by atoms with Gasteiger partial charge in [-0.25, -0.2) is 24.7 Å². The van der Waals surface area contributed by atoms with E-state index >= 15 is 0 Å². The lowest BCUT2D eigenvalue weighted by Gasteiger charge is -2.35. The summed E-state index contributed by atoms with van der Waals surface area (Å²) in [5.74, 6) is 1.96. The smallest absolute Gasteiger partial charge is 0.409 e. The summed E-state index contributed by atoms with van der Waals surface area (Å²) in [6.45, 7) is 8.46. The van der Waals surface area contributed by atoms with Crippen LogP contribution >= 0.6 is 0 Å². The van der Waals surface area contributed by atoms with Gasteiger partial charge in [-0.1, -0.05) is 18.2 Å². The predicted octanol–water partition coefficient (Wildman–Crippen LogP) is 4.80. The zero-order valence-electron chi connectivity index (χ0n) is 21.2. The van der Waals surface area contributed by atoms with Crippen LogP contribution in [0.5, 0.6) is 0 Å². The number of carbonyl (C=O) groups excluding carboxylic acids is 1. The summed E-state index contributed by atoms with van der Waals surface area (Å²) >= 11 is 0. The Balaban J connectivity index is 1.40. The molecule has 190 valence electrons. The normalized spacial score (nSPS) is 13.5. The Kier molecular flexibility index (Phi) is 6.98. The number of ether oxygens (including phenoxy) is 1. The van der Waals surface area contributed by atoms with Crippen LogP contribution in [0.3, 0.4) is 0 Å². The van der Waals surface area contributed by atoms with Gasteiger partial charge in [0.1, 0.15) is 0 Å². The van der Waals surface area contributed by atoms with Gasteiger partial charge in [0.25, 0.3) is 0 Å². The van der Waals surface area contributed by atoms with E-state index in [0.29, 0.717) is 44.6 Å². The molecule has 0 atom stereocenters. The molecule has 1 saturated heterocycles. The third-order valence-electron chi connectivity index (χ3n) is 6.02. The Labute approximate surface area is 215 Å². The molecule has 0 unspecified atom stereocenters. The summed E-state index contributed by atoms with van der Waals surface area (Å²) < 4.78 is 5.16. The van der Waals surface area contributed by atoms with Gasteiger partial charge in [-0.3, -0.25) is 0 Å². The first kappa shape index (κ1) is 24.2. The Bertz CT molecular complexity index is 1400. The number of amides is 1. The van der Waals surface area contributed by atoms with E-state index in [1.54, 1.807) is 4.90 Å². The van der Waals surface area contributed by atoms with Crippen molar-refractivity contribution in [1.82, 2.24) is 24.8 Å². The van der Waals surface area contributed by atoms with Gasteiger partial charge < -0.3 is 25.2 Å². The van der Waals surface area contributed by atoms with E-state index in [2.05, 4.69) is 25.5 Å². The molecule has 1 fully saturated rings. The molecule has 0 spiro atoms. The highest BCUT2D eigenvalue weighted by molar-refractivity contribution is 5.82. The molecule has 2 aromatic heterocycles. The molecule has 0 aliphatic carbocycles. The number of nitrogens with zero attached hydrogens (tertiary/aromatic N) is 6. The second kappa shape index (κ2) is 10.7. The zero-order valence-corrected chi connectivity index (χ0v) is 21.2. The highest BCUT2D eigenvalue weighted by Gasteiger charge is 2.25. The molecule has 2 N–H and O–H groups in total. The van der Waals surface area contributed by atoms with Crippen LogP contribution in [-0.4, -0.2) is 63.7 Å². The van der Waals surface area contributed by atoms with E-state index in [0.717, 1.165) is 39.6 Å². The van der Waals surface area contributed by atoms with Crippen molar-refractivity contribution in [2.24, 2.45) is 0 Å². The van der Waals surface area contributed by atoms with Crippen LogP contribution < -0.4 is 15.5 Å². The number of para-hydroxylation sites is 2. The quantitative estimate of drug-likeness (QED) is 0.387. The van der Waals surface area contributed by atoms with Gasteiger partial charge in [-0.15, -0.1) is 0 Å². The lowest BCUT2D eigenvalue weighted by Crippen LogP contribution is -2.49. The average molecular weight is 499 g/mol. The fraction of sp³-hybridized carbons (Fsp3) is 0.296. The number of piperazine rings is 1. The highest BCUT2D eigenvalue weighted by Crippen LogP contribution is 2.30. The van der Waals surface area contributed by atoms with Crippen molar-refractivity contribution in [2.75, 3.05) is 48.3 Å². The molecule has 10 nitrogen and oxygen atoms in total. The van der Waals surface area contributed by atoms with Crippen molar-refractivity contribution in [3.8, 4) is 0 Å². The maximum absolute atomic E-state index is 12.2. The second-order valence-corrected chi connectivity index (χ2v) is 8.86. The first-order valence-electron chi connectivity index (χ1n) is 12.4. The van der Waals surface area contributed by atoms with Gasteiger partial charge in [0.05, 0.1) is 17.6 Å². The molecule has 37 heavy (non-hydrogen) atoms. The van der Waals surface area contributed by atoms with Crippen molar-refractivity contribution in [2.45, 2.75) is 20.8 Å². The standard InChI is InChI=1S/C27H30N8O2/c1-4-37-27(36)35-14-12-34(13-15-35)25-24(32-22-10-5-6-11-23(22)33-25)30-20-8-7-9-21(17-20)31-26-28-18(2)16-19(3)29-26/h5-11,16-17H,4,12-15H2,1-3H3,(H,30,32)(H,28,29,31). The van der Waals surface area contributed by atoms with Gasteiger partial charge in [-0.2, -0.15) is 0 Å². The summed E-state index contributed by atoms with van der Waals surface area (Å²) in [5.41, 5.74) is 5.14. The predicted molar refractivity (Wildman–Crippen MR) is 145 cm³/mol. The number of rotatable bonds is 6. The lowest BCUT2D eigenvalue weighted by atomic mass is 10.2. The van der Waals surface area contributed by atoms with Gasteiger partial charge in [-0.05, 0) is 57.2 Å². The van der Waals surface area contributed by atoms with Gasteiger partial charge in [0, 0.05) is 48.9 Å². The SMILES string of the molecule is CCOC(=O)N1CCN(c2nc3ccccc3nc2Nc2cccc(Nc3nc(C)cc(C)n3)c2)CC1. The van der Waals surface area contributed by atoms with Crippen molar-refractivity contribution in [3.05, 3.63) is 66.0 Å². The Morgan fingerprint density at radius 2 is 1.49 bits per heavy atom. The lowest BCUT2D eigenvalue weighted by molar-refractivity contribution is 0.105. The molecule has 1 amide bonds. The van der Waals surface area contributed by atoms with Gasteiger partial charge in [0.2, 0.25) is 5.95 Å². The highest BCUT2D eigenvalue weighted by atomic mass is 16.6. The molecule has 2 aromatic carbocycles. The first-order valence-corrected chi connectivity index (χ1v) is 12.4. The summed E-state index contributed by atoms with van der Waals surface area (Å²) in [6, 6.07) is 17.6. The molecule has 10 heteroatoms. The first-order chi connectivity index (χ1) is 18.0. The minimum atomic E-state index is -0.276. The van der Waals surface area contributed by atoms with Crippen molar-refractivity contribution in [3.63, 3.8) is 0 Å². The van der Waals surface area contributed by atoms with E-state index in [1.807, 2.05) is 75.4 Å². The summed E-state index contributed by atoms with van der Waals surface area (Å²) in [4.78, 5) is 34.8. The zero-order chi connectivity index (χ0) is 25.8. The second-order valence-electron chi connectivity index (χ2n) is 8.86. The van der Waals surface area contributed by atoms with E-state index in [1.165, 1.54) is 0 Å². The number of hydrogen-bond donors (Lipinski definition) is 2. The molecule has 5 rings (SSSR count). The van der Waals surface area contributed by atoms with Crippen LogP contribution in [0, 0.1) is 13.8 Å². The molecule has 3 heterocycles. The number of aromatic nitrogens is 4. The third-order valence-corrected chi connectivity index (χ3v) is 6.02. The topological polar surface area (TPSA) is 108 Å². The minimum absolute atomic E-state index is 0.276. The van der Waals surface area contributed by atoms with Crippen molar-refractivity contribution < 1.29 is 9.53 Å². The number of carbonyl (C=O) groups is 1. The number of benzene rings is 2. The van der Waals surface area contributed by atoms with Gasteiger partial charge >= 0.3 is 6.09 Å². The molecule has 0 radical (unpaired) electrons. The van der Waals surface area contributed by atoms with Crippen molar-refractivity contribution in [1.29, 1.82) is 0 Å². The summed E-state index contributed by atoms with van der Waals surface area (Å²) in [7, 11) is 0. The van der Waals surface area contributed by atoms with E-state index < -0.39 is 0 Å². The molecule has 1 aliphatic heterocycles. The van der Waals surface area contributed by atoms with Crippen LogP contribution in [0.25, 0.3) is 11.0 Å². The molecular weight excluding hydrogens is 468 g/mol. The average Bonchev–Trinajstić information content (AvgIpc) is 2.88. The molecule has 0 bridgehead atoms. The fourth-order valence-electron chi connectivity index (χ4n) is 4.33. The number of hydrogen-bond acceptors (Lipinski definition) is 9. The number of anilines is 5. The maximum Gasteiger partial charge on any atom is 0.409 e. The van der Waals surface area contributed by atoms with Crippen molar-refractivity contribution >= 4 is 46.1 Å². The monoisotopic (exact) mass is 498 g/mol. The molecular formula is C27H30N8O2. The largest absolute Gasteiger partial charge is 0.450 e. The third kappa shape index (κ3) is 5.69. The fourth-order valence-corrected chi connectivity index (χ4v) is 4.33. The number of aryl methyl sites for hydroxylation is 2. The number of fused-ring (bicyclic) bond motifs is 1. The van der Waals surface area contributed by atoms with Crippen LogP contribution in [0.15, 0.2) is 54.6 Å². The summed E-state index contributed by atoms with van der Waals surface area (Å²) in [5, 5.41) is 6.75. The van der Waals surface area contributed by atoms with Crippen LogP contribution in [0.2, 0.25) is 0 Å². The Morgan fingerprint density at radius 3 is 2.16 bits per heavy atom. The van der Waals surface area contributed by atoms with E-state index in [4.69, 9.17) is 14.7 Å². The molecule has 4 aromatic rings. The Hall–Kier alpha value is -4.47. The van der Waals surface area contributed by atoms with Crippen LogP contribution in [0.4, 0.5) is 33.8 Å². The van der Waals surface area contributed by atoms with Crippen LogP contribution in [0.1, 0.15) is 18.3 Å². The number of nitrogens with one attached hydrogen (secondary N) is 2. The van der Waals surface area contributed by atoms with E-state index in [9.17, 15) is 4.79 Å². The molecule has 1 aliphatic rings. The Morgan fingerprint density at radius 1 is 0.838 bits per heavy atom. The van der Waals surface area contributed by atoms with E-state index in [-0.39, 0.29) is 6.09 Å². The van der Waals surface area contributed by atoms with Crippen LogP contribution in [-0.2, 0) is 4.74 Å².